The molecule has 0 fully saturated rings. The molecule has 0 aliphatic heterocycles. The minimum Gasteiger partial charge on any atom is -0.310 e. The van der Waals surface area contributed by atoms with Crippen LogP contribution in [-0.2, 0) is 0 Å². The zero-order valence-electron chi connectivity index (χ0n) is 13.9. The number of pyridine rings is 1. The van der Waals surface area contributed by atoms with Gasteiger partial charge in [0.15, 0.2) is 0 Å². The van der Waals surface area contributed by atoms with Gasteiger partial charge in [-0.15, -0.1) is 6.58 Å². The Kier molecular flexibility index (Phi) is 4.89. The quantitative estimate of drug-likeness (QED) is 0.490. The molecular weight excluding hydrogens is 300 g/mol. The number of fused-ring (bicyclic) bond motifs is 1. The van der Waals surface area contributed by atoms with Gasteiger partial charge in [-0.2, -0.15) is 0 Å². The summed E-state index contributed by atoms with van der Waals surface area (Å²) in [4.78, 5) is 21.4. The Balaban J connectivity index is 2.05. The van der Waals surface area contributed by atoms with E-state index in [1.165, 1.54) is 18.9 Å². The first-order chi connectivity index (χ1) is 11.7. The summed E-state index contributed by atoms with van der Waals surface area (Å²) < 4.78 is 3.60. The van der Waals surface area contributed by atoms with Crippen molar-refractivity contribution in [2.24, 2.45) is 0 Å². The molecule has 5 nitrogen and oxygen atoms in total. The third kappa shape index (κ3) is 3.15. The second-order valence-electron chi connectivity index (χ2n) is 5.87. The van der Waals surface area contributed by atoms with Crippen molar-refractivity contribution < 1.29 is 0 Å². The summed E-state index contributed by atoms with van der Waals surface area (Å²) in [5, 5.41) is 0. The van der Waals surface area contributed by atoms with Gasteiger partial charge in [-0.05, 0) is 18.6 Å². The van der Waals surface area contributed by atoms with E-state index in [0.717, 1.165) is 12.8 Å². The lowest BCUT2D eigenvalue weighted by Gasteiger charge is -2.15. The highest BCUT2D eigenvalue weighted by atomic mass is 16.1. The Labute approximate surface area is 141 Å². The summed E-state index contributed by atoms with van der Waals surface area (Å²) in [6, 6.07) is 7.26. The molecule has 124 valence electrons. The van der Waals surface area contributed by atoms with Gasteiger partial charge >= 0.3 is 0 Å². The molecule has 0 saturated heterocycles. The smallest absolute Gasteiger partial charge is 0.259 e. The van der Waals surface area contributed by atoms with Crippen molar-refractivity contribution in [2.45, 2.75) is 38.6 Å². The van der Waals surface area contributed by atoms with Gasteiger partial charge in [0.1, 0.15) is 0 Å². The van der Waals surface area contributed by atoms with Gasteiger partial charge in [0, 0.05) is 24.7 Å². The van der Waals surface area contributed by atoms with Crippen molar-refractivity contribution >= 4 is 5.78 Å². The van der Waals surface area contributed by atoms with Crippen LogP contribution in [0.1, 0.15) is 38.6 Å². The van der Waals surface area contributed by atoms with Crippen LogP contribution in [0.15, 0.2) is 60.3 Å². The average Bonchev–Trinajstić information content (AvgIpc) is 3.04. The Morgan fingerprint density at radius 3 is 2.83 bits per heavy atom. The normalized spacial score (nSPS) is 12.4. The molecule has 0 spiro atoms. The van der Waals surface area contributed by atoms with E-state index < -0.39 is 0 Å². The fraction of sp³-hybridized carbons (Fsp3) is 0.316. The van der Waals surface area contributed by atoms with Crippen LogP contribution >= 0.6 is 0 Å². The summed E-state index contributed by atoms with van der Waals surface area (Å²) in [5.74, 6) is 0.629. The van der Waals surface area contributed by atoms with Crippen molar-refractivity contribution in [1.29, 1.82) is 0 Å². The van der Waals surface area contributed by atoms with E-state index in [0.29, 0.717) is 17.2 Å². The van der Waals surface area contributed by atoms with Gasteiger partial charge < -0.3 is 4.57 Å². The summed E-state index contributed by atoms with van der Waals surface area (Å²) in [5.41, 5.74) is 1.19. The average molecular weight is 322 g/mol. The van der Waals surface area contributed by atoms with E-state index in [4.69, 9.17) is 0 Å². The van der Waals surface area contributed by atoms with Gasteiger partial charge in [-0.25, -0.2) is 4.98 Å². The molecule has 0 saturated carbocycles. The number of hydrogen-bond acceptors (Lipinski definition) is 3. The maximum Gasteiger partial charge on any atom is 0.259 e. The highest BCUT2D eigenvalue weighted by Crippen LogP contribution is 2.21. The molecule has 0 aromatic carbocycles. The summed E-state index contributed by atoms with van der Waals surface area (Å²) in [6.07, 6.45) is 11.8. The number of nitrogens with zero attached hydrogens (tertiary/aromatic N) is 4. The van der Waals surface area contributed by atoms with Gasteiger partial charge in [-0.1, -0.05) is 38.3 Å². The number of aromatic nitrogens is 4. The first-order valence-electron chi connectivity index (χ1n) is 8.38. The van der Waals surface area contributed by atoms with Crippen LogP contribution in [0.25, 0.3) is 17.2 Å². The van der Waals surface area contributed by atoms with Crippen LogP contribution < -0.4 is 5.56 Å². The maximum absolute atomic E-state index is 12.4. The highest BCUT2D eigenvalue weighted by molar-refractivity contribution is 5.56. The molecule has 24 heavy (non-hydrogen) atoms. The molecule has 3 rings (SSSR count). The number of imidazole rings is 1. The molecule has 3 aromatic heterocycles. The molecule has 0 N–H and O–H groups in total. The summed E-state index contributed by atoms with van der Waals surface area (Å²) in [7, 11) is 0. The van der Waals surface area contributed by atoms with E-state index in [1.807, 2.05) is 35.0 Å². The molecule has 5 heteroatoms. The van der Waals surface area contributed by atoms with Crippen molar-refractivity contribution in [3.05, 3.63) is 65.9 Å². The topological polar surface area (TPSA) is 52.2 Å². The number of rotatable bonds is 7. The minimum absolute atomic E-state index is 0.101. The monoisotopic (exact) mass is 322 g/mol. The Hall–Kier alpha value is -2.69. The first-order valence-corrected chi connectivity index (χ1v) is 8.38. The summed E-state index contributed by atoms with van der Waals surface area (Å²) in [6.45, 7) is 6.15. The van der Waals surface area contributed by atoms with Crippen LogP contribution in [0, 0.1) is 0 Å². The Bertz CT molecular complexity index is 879. The Morgan fingerprint density at radius 1 is 1.25 bits per heavy atom. The van der Waals surface area contributed by atoms with Crippen LogP contribution in [0.2, 0.25) is 0 Å². The van der Waals surface area contributed by atoms with Crippen molar-refractivity contribution in [3.8, 4) is 11.4 Å². The Morgan fingerprint density at radius 2 is 2.12 bits per heavy atom. The van der Waals surface area contributed by atoms with E-state index in [-0.39, 0.29) is 11.6 Å². The third-order valence-electron chi connectivity index (χ3n) is 4.20. The van der Waals surface area contributed by atoms with Crippen molar-refractivity contribution in [2.75, 3.05) is 0 Å². The molecule has 0 aliphatic rings. The van der Waals surface area contributed by atoms with Gasteiger partial charge in [0.25, 0.3) is 5.56 Å². The first kappa shape index (κ1) is 16.2. The van der Waals surface area contributed by atoms with Crippen LogP contribution in [0.5, 0.6) is 0 Å². The molecular formula is C19H22N4O. The lowest BCUT2D eigenvalue weighted by molar-refractivity contribution is 0.527. The predicted octanol–water partition coefficient (Wildman–Crippen LogP) is 3.87. The second kappa shape index (κ2) is 7.25. The second-order valence-corrected chi connectivity index (χ2v) is 5.87. The summed E-state index contributed by atoms with van der Waals surface area (Å²) >= 11 is 0. The highest BCUT2D eigenvalue weighted by Gasteiger charge is 2.14. The molecule has 0 aliphatic carbocycles. The fourth-order valence-corrected chi connectivity index (χ4v) is 2.88. The lowest BCUT2D eigenvalue weighted by atomic mass is 10.1. The molecule has 0 radical (unpaired) electrons. The van der Waals surface area contributed by atoms with Gasteiger partial charge in [0.2, 0.25) is 5.78 Å². The van der Waals surface area contributed by atoms with Crippen molar-refractivity contribution in [3.63, 3.8) is 0 Å². The van der Waals surface area contributed by atoms with Gasteiger partial charge in [0.05, 0.1) is 17.4 Å². The molecule has 0 amide bonds. The predicted molar refractivity (Wildman–Crippen MR) is 96.1 cm³/mol. The zero-order chi connectivity index (χ0) is 16.9. The van der Waals surface area contributed by atoms with E-state index >= 15 is 0 Å². The fourth-order valence-electron chi connectivity index (χ4n) is 2.88. The van der Waals surface area contributed by atoms with E-state index in [2.05, 4.69) is 23.5 Å². The van der Waals surface area contributed by atoms with Crippen LogP contribution in [-0.4, -0.2) is 18.9 Å². The minimum atomic E-state index is -0.101. The van der Waals surface area contributed by atoms with Gasteiger partial charge in [-0.3, -0.25) is 14.2 Å². The maximum atomic E-state index is 12.4. The van der Waals surface area contributed by atoms with Crippen LogP contribution in [0.4, 0.5) is 0 Å². The molecule has 0 bridgehead atoms. The molecule has 3 heterocycles. The SMILES string of the molecule is C=CC(CCCCC)n1ccn2c(=O)cc(-c3ccccn3)nc12. The molecule has 1 atom stereocenters. The number of hydrogen-bond donors (Lipinski definition) is 0. The third-order valence-corrected chi connectivity index (χ3v) is 4.20. The standard InChI is InChI=1S/C19H22N4O/c1-3-5-6-9-15(4-2)22-12-13-23-18(24)14-17(21-19(22)23)16-10-7-8-11-20-16/h4,7-8,10-15H,2-3,5-6,9H2,1H3. The van der Waals surface area contributed by atoms with Crippen molar-refractivity contribution in [1.82, 2.24) is 18.9 Å². The van der Waals surface area contributed by atoms with Crippen LogP contribution in [0.3, 0.4) is 0 Å². The molecule has 1 unspecified atom stereocenters. The molecule has 3 aromatic rings. The zero-order valence-corrected chi connectivity index (χ0v) is 13.9. The number of allylic oxidation sites excluding steroid dienone is 1. The number of unbranched alkanes of at least 4 members (excludes halogenated alkanes) is 2. The largest absolute Gasteiger partial charge is 0.310 e. The van der Waals surface area contributed by atoms with E-state index in [1.54, 1.807) is 16.8 Å². The lowest BCUT2D eigenvalue weighted by Crippen LogP contribution is -2.15. The van der Waals surface area contributed by atoms with E-state index in [9.17, 15) is 4.79 Å².